The molecule has 90 valence electrons. The van der Waals surface area contributed by atoms with Crippen molar-refractivity contribution < 1.29 is 8.42 Å². The Morgan fingerprint density at radius 1 is 1.31 bits per heavy atom. The minimum Gasteiger partial charge on any atom is -0.399 e. The first kappa shape index (κ1) is 13.3. The molecule has 3 nitrogen and oxygen atoms in total. The Morgan fingerprint density at radius 2 is 1.88 bits per heavy atom. The molecule has 0 unspecified atom stereocenters. The molecule has 0 aliphatic carbocycles. The van der Waals surface area contributed by atoms with E-state index in [-0.39, 0.29) is 5.75 Å². The van der Waals surface area contributed by atoms with Crippen LogP contribution in [0.3, 0.4) is 0 Å². The molecule has 0 fully saturated rings. The summed E-state index contributed by atoms with van der Waals surface area (Å²) in [5.74, 6) is -0.0830. The lowest BCUT2D eigenvalue weighted by Crippen LogP contribution is -2.29. The minimum absolute atomic E-state index is 0.0830. The zero-order chi connectivity index (χ0) is 12.6. The maximum Gasteiger partial charge on any atom is 0.159 e. The van der Waals surface area contributed by atoms with Crippen LogP contribution in [-0.2, 0) is 15.6 Å². The molecule has 2 N–H and O–H groups in total. The molecule has 5 heteroatoms. The van der Waals surface area contributed by atoms with Crippen LogP contribution >= 0.6 is 11.6 Å². The van der Waals surface area contributed by atoms with Crippen LogP contribution < -0.4 is 5.73 Å². The Balaban J connectivity index is 3.11. The molecule has 0 bridgehead atoms. The fourth-order valence-electron chi connectivity index (χ4n) is 1.13. The van der Waals surface area contributed by atoms with Gasteiger partial charge in [-0.2, -0.15) is 0 Å². The van der Waals surface area contributed by atoms with Gasteiger partial charge in [-0.1, -0.05) is 11.6 Å². The van der Waals surface area contributed by atoms with Gasteiger partial charge in [-0.15, -0.1) is 0 Å². The Bertz CT molecular complexity index is 489. The first-order chi connectivity index (χ1) is 7.13. The molecule has 16 heavy (non-hydrogen) atoms. The summed E-state index contributed by atoms with van der Waals surface area (Å²) in [5.41, 5.74) is 6.67. The van der Waals surface area contributed by atoms with Gasteiger partial charge in [-0.25, -0.2) is 8.42 Å². The van der Waals surface area contributed by atoms with E-state index in [1.807, 2.05) is 0 Å². The van der Waals surface area contributed by atoms with Crippen LogP contribution in [0.25, 0.3) is 0 Å². The minimum atomic E-state index is -3.23. The van der Waals surface area contributed by atoms with E-state index in [4.69, 9.17) is 17.3 Å². The molecule has 1 rings (SSSR count). The van der Waals surface area contributed by atoms with Crippen LogP contribution in [0.5, 0.6) is 0 Å². The molecular formula is C11H16ClNO2S. The predicted octanol–water partition coefficient (Wildman–Crippen LogP) is 2.64. The van der Waals surface area contributed by atoms with Gasteiger partial charge in [0, 0.05) is 10.7 Å². The van der Waals surface area contributed by atoms with Gasteiger partial charge >= 0.3 is 0 Å². The second kappa shape index (κ2) is 4.26. The van der Waals surface area contributed by atoms with Crippen LogP contribution in [0.2, 0.25) is 5.02 Å². The van der Waals surface area contributed by atoms with Crippen molar-refractivity contribution in [3.8, 4) is 0 Å². The van der Waals surface area contributed by atoms with Gasteiger partial charge in [0.2, 0.25) is 0 Å². The number of rotatable bonds is 2. The molecule has 0 aliphatic heterocycles. The second-order valence-electron chi connectivity index (χ2n) is 4.72. The number of benzene rings is 1. The molecule has 0 heterocycles. The SMILES string of the molecule is CC(C)(C)S(=O)(=O)Cc1cc(N)ccc1Cl. The number of hydrogen-bond acceptors (Lipinski definition) is 3. The van der Waals surface area contributed by atoms with Crippen molar-refractivity contribution in [1.29, 1.82) is 0 Å². The highest BCUT2D eigenvalue weighted by molar-refractivity contribution is 7.91. The summed E-state index contributed by atoms with van der Waals surface area (Å²) in [6, 6.07) is 4.87. The largest absolute Gasteiger partial charge is 0.399 e. The molecule has 0 aliphatic rings. The molecule has 0 saturated carbocycles. The van der Waals surface area contributed by atoms with Gasteiger partial charge in [0.05, 0.1) is 10.5 Å². The van der Waals surface area contributed by atoms with Crippen molar-refractivity contribution in [2.24, 2.45) is 0 Å². The molecule has 1 aromatic carbocycles. The van der Waals surface area contributed by atoms with Crippen LogP contribution in [0, 0.1) is 0 Å². The van der Waals surface area contributed by atoms with E-state index in [9.17, 15) is 8.42 Å². The van der Waals surface area contributed by atoms with Crippen LogP contribution in [-0.4, -0.2) is 13.2 Å². The predicted molar refractivity (Wildman–Crippen MR) is 68.2 cm³/mol. The standard InChI is InChI=1S/C11H16ClNO2S/c1-11(2,3)16(14,15)7-8-6-9(13)4-5-10(8)12/h4-6H,7,13H2,1-3H3. The van der Waals surface area contributed by atoms with Crippen molar-refractivity contribution in [3.05, 3.63) is 28.8 Å². The van der Waals surface area contributed by atoms with E-state index < -0.39 is 14.6 Å². The quantitative estimate of drug-likeness (QED) is 0.833. The van der Waals surface area contributed by atoms with Crippen LogP contribution in [0.1, 0.15) is 26.3 Å². The van der Waals surface area contributed by atoms with Gasteiger partial charge in [0.15, 0.2) is 9.84 Å². The molecule has 0 saturated heterocycles. The van der Waals surface area contributed by atoms with E-state index in [1.165, 1.54) is 0 Å². The van der Waals surface area contributed by atoms with Crippen LogP contribution in [0.4, 0.5) is 5.69 Å². The molecule has 0 radical (unpaired) electrons. The first-order valence-electron chi connectivity index (χ1n) is 4.90. The Hall–Kier alpha value is -0.740. The van der Waals surface area contributed by atoms with Gasteiger partial charge in [0.25, 0.3) is 0 Å². The van der Waals surface area contributed by atoms with E-state index >= 15 is 0 Å². The Morgan fingerprint density at radius 3 is 2.38 bits per heavy atom. The van der Waals surface area contributed by atoms with E-state index in [0.29, 0.717) is 16.3 Å². The number of anilines is 1. The molecule has 0 atom stereocenters. The first-order valence-corrected chi connectivity index (χ1v) is 6.93. The highest BCUT2D eigenvalue weighted by atomic mass is 35.5. The fraction of sp³-hybridized carbons (Fsp3) is 0.455. The average molecular weight is 262 g/mol. The maximum atomic E-state index is 12.0. The molecule has 0 spiro atoms. The zero-order valence-corrected chi connectivity index (χ0v) is 11.2. The number of hydrogen-bond donors (Lipinski definition) is 1. The third-order valence-electron chi connectivity index (χ3n) is 2.35. The molecular weight excluding hydrogens is 246 g/mol. The van der Waals surface area contributed by atoms with E-state index in [1.54, 1.807) is 39.0 Å². The number of halogens is 1. The van der Waals surface area contributed by atoms with Crippen LogP contribution in [0.15, 0.2) is 18.2 Å². The lowest BCUT2D eigenvalue weighted by Gasteiger charge is -2.19. The summed E-state index contributed by atoms with van der Waals surface area (Å²) >= 11 is 5.93. The molecule has 0 amide bonds. The normalized spacial score (nSPS) is 12.8. The van der Waals surface area contributed by atoms with Gasteiger partial charge in [-0.3, -0.25) is 0 Å². The van der Waals surface area contributed by atoms with Gasteiger partial charge in [-0.05, 0) is 44.5 Å². The third-order valence-corrected chi connectivity index (χ3v) is 5.27. The molecule has 1 aromatic rings. The summed E-state index contributed by atoms with van der Waals surface area (Å²) in [6.07, 6.45) is 0. The molecule has 0 aromatic heterocycles. The number of nitrogen functional groups attached to an aromatic ring is 1. The number of nitrogens with two attached hydrogens (primary N) is 1. The Labute approximate surface area is 102 Å². The average Bonchev–Trinajstić information content (AvgIpc) is 2.09. The highest BCUT2D eigenvalue weighted by Crippen LogP contribution is 2.26. The monoisotopic (exact) mass is 261 g/mol. The zero-order valence-electron chi connectivity index (χ0n) is 9.62. The lowest BCUT2D eigenvalue weighted by molar-refractivity contribution is 0.559. The summed E-state index contributed by atoms with van der Waals surface area (Å²) in [7, 11) is -3.23. The summed E-state index contributed by atoms with van der Waals surface area (Å²) in [5, 5.41) is 0.432. The Kier molecular flexibility index (Phi) is 3.55. The summed E-state index contributed by atoms with van der Waals surface area (Å²) in [4.78, 5) is 0. The van der Waals surface area contributed by atoms with Crippen molar-refractivity contribution >= 4 is 27.1 Å². The smallest absolute Gasteiger partial charge is 0.159 e. The van der Waals surface area contributed by atoms with E-state index in [0.717, 1.165) is 0 Å². The third kappa shape index (κ3) is 2.89. The summed E-state index contributed by atoms with van der Waals surface area (Å²) in [6.45, 7) is 5.01. The topological polar surface area (TPSA) is 60.2 Å². The highest BCUT2D eigenvalue weighted by Gasteiger charge is 2.29. The van der Waals surface area contributed by atoms with Crippen molar-refractivity contribution in [3.63, 3.8) is 0 Å². The number of sulfone groups is 1. The van der Waals surface area contributed by atoms with Gasteiger partial charge < -0.3 is 5.73 Å². The maximum absolute atomic E-state index is 12.0. The fourth-order valence-corrected chi connectivity index (χ4v) is 2.47. The van der Waals surface area contributed by atoms with Crippen molar-refractivity contribution in [2.45, 2.75) is 31.3 Å². The van der Waals surface area contributed by atoms with Gasteiger partial charge in [0.1, 0.15) is 0 Å². The van der Waals surface area contributed by atoms with Crippen molar-refractivity contribution in [1.82, 2.24) is 0 Å². The van der Waals surface area contributed by atoms with Crippen molar-refractivity contribution in [2.75, 3.05) is 5.73 Å². The van der Waals surface area contributed by atoms with E-state index in [2.05, 4.69) is 0 Å². The second-order valence-corrected chi connectivity index (χ2v) is 7.87. The summed E-state index contributed by atoms with van der Waals surface area (Å²) < 4.78 is 23.2. The lowest BCUT2D eigenvalue weighted by atomic mass is 10.2.